The summed E-state index contributed by atoms with van der Waals surface area (Å²) in [5.41, 5.74) is 5.35. The number of ether oxygens (including phenoxy) is 8. The molecule has 14 N–H and O–H groups in total. The summed E-state index contributed by atoms with van der Waals surface area (Å²) in [5.74, 6) is -3.87. The number of hydrogen-bond acceptors (Lipinski definition) is 21. The van der Waals surface area contributed by atoms with E-state index in [9.17, 15) is 65.8 Å². The predicted octanol–water partition coefficient (Wildman–Crippen LogP) is -11.4. The summed E-state index contributed by atoms with van der Waals surface area (Å²) in [4.78, 5) is 22.3. The molecule has 4 aliphatic rings. The molecule has 0 aromatic heterocycles. The molecule has 0 spiro atoms. The number of carboxylic acids is 2. The zero-order valence-electron chi connectivity index (χ0n) is 26.3. The Balaban J connectivity index is 0.00000676. The third kappa shape index (κ3) is 9.64. The van der Waals surface area contributed by atoms with Gasteiger partial charge in [0.1, 0.15) is 85.4 Å². The van der Waals surface area contributed by atoms with Crippen LogP contribution in [0.5, 0.6) is 0 Å². The summed E-state index contributed by atoms with van der Waals surface area (Å²) >= 11 is 0. The van der Waals surface area contributed by atoms with Crippen LogP contribution in [0.3, 0.4) is 0 Å². The summed E-state index contributed by atoms with van der Waals surface area (Å²) in [5, 5.41) is 123. The van der Waals surface area contributed by atoms with Gasteiger partial charge in [0.25, 0.3) is 0 Å². The Morgan fingerprint density at radius 1 is 0.740 bits per heavy atom. The predicted molar refractivity (Wildman–Crippen MR) is 146 cm³/mol. The second-order valence-electron chi connectivity index (χ2n) is 11.6. The van der Waals surface area contributed by atoms with Crippen LogP contribution in [0.15, 0.2) is 11.8 Å². The molecule has 0 aliphatic carbocycles. The Kier molecular flexibility index (Phi) is 16.1. The first-order valence-corrected chi connectivity index (χ1v) is 14.9. The quantitative estimate of drug-likeness (QED) is 0.0779. The van der Waals surface area contributed by atoms with Crippen molar-refractivity contribution < 1.29 is 138 Å². The number of aliphatic hydroxyl groups is 10. The Labute approximate surface area is 304 Å². The molecule has 0 bridgehead atoms. The van der Waals surface area contributed by atoms with Crippen molar-refractivity contribution in [3.05, 3.63) is 11.8 Å². The van der Waals surface area contributed by atoms with Crippen molar-refractivity contribution in [2.24, 2.45) is 5.73 Å². The molecule has 0 amide bonds. The van der Waals surface area contributed by atoms with Gasteiger partial charge in [-0.05, 0) is 6.08 Å². The van der Waals surface area contributed by atoms with Gasteiger partial charge in [-0.15, -0.1) is 0 Å². The topological polar surface area (TPSA) is 377 Å². The Morgan fingerprint density at radius 3 is 1.76 bits per heavy atom. The molecule has 0 aromatic carbocycles. The molecule has 4 heterocycles. The van der Waals surface area contributed by atoms with Crippen LogP contribution in [-0.4, -0.2) is 210 Å². The fraction of sp³-hybridized carbons (Fsp3) is 0.846. The van der Waals surface area contributed by atoms with Crippen molar-refractivity contribution in [1.29, 1.82) is 0 Å². The maximum absolute atomic E-state index is 11.4. The van der Waals surface area contributed by atoms with Crippen LogP contribution in [0.1, 0.15) is 0 Å². The monoisotopic (exact) mass is 742 g/mol. The molecule has 0 radical (unpaired) electrons. The Morgan fingerprint density at radius 2 is 1.26 bits per heavy atom. The number of carboxylic acid groups (broad SMARTS) is 2. The van der Waals surface area contributed by atoms with Crippen LogP contribution >= 0.6 is 0 Å². The van der Waals surface area contributed by atoms with Crippen molar-refractivity contribution in [3.63, 3.8) is 0 Å². The van der Waals surface area contributed by atoms with Crippen LogP contribution in [0.4, 0.5) is 0 Å². The molecular formula is C26H41NNaO22+. The normalized spacial score (nSPS) is 44.3. The van der Waals surface area contributed by atoms with E-state index in [0.29, 0.717) is 6.08 Å². The van der Waals surface area contributed by atoms with Gasteiger partial charge in [-0.25, -0.2) is 4.79 Å². The molecule has 0 aromatic rings. The first-order chi connectivity index (χ1) is 23.1. The molecule has 4 rings (SSSR count). The molecule has 0 saturated carbocycles. The van der Waals surface area contributed by atoms with Crippen molar-refractivity contribution in [1.82, 2.24) is 0 Å². The minimum Gasteiger partial charge on any atom is -0.480 e. The molecule has 4 aliphatic heterocycles. The van der Waals surface area contributed by atoms with E-state index in [4.69, 9.17) is 48.7 Å². The van der Waals surface area contributed by atoms with Crippen LogP contribution in [-0.2, 0) is 47.5 Å². The van der Waals surface area contributed by atoms with E-state index in [1.807, 2.05) is 0 Å². The van der Waals surface area contributed by atoms with Gasteiger partial charge in [0.15, 0.2) is 18.9 Å². The Bertz CT molecular complexity index is 1150. The van der Waals surface area contributed by atoms with Gasteiger partial charge in [0.05, 0.1) is 26.4 Å². The van der Waals surface area contributed by atoms with E-state index < -0.39 is 155 Å². The van der Waals surface area contributed by atoms with E-state index in [0.717, 1.165) is 0 Å². The van der Waals surface area contributed by atoms with Gasteiger partial charge in [0, 0.05) is 0 Å². The maximum atomic E-state index is 11.4. The molecule has 3 saturated heterocycles. The van der Waals surface area contributed by atoms with Gasteiger partial charge < -0.3 is 105 Å². The number of nitrogens with two attached hydrogens (primary N) is 1. The SMILES string of the molecule is NC(COC1OC[C@@H](O[C@H]2O[C@H](CO)[C@H](O)[C@H](O[C@@H]3O[C@H](CO)[C@H](O)[C@H](O[C@@H]4OC(C(=O)O)=C[C@H](O)[C@H]4O)[C@H]3O)[C@H]2O)[C@H](O)[C@H]1O)C(=O)O.[Na+]. The smallest absolute Gasteiger partial charge is 0.480 e. The molecular weight excluding hydrogens is 701 g/mol. The Hall–Kier alpha value is -1.24. The summed E-state index contributed by atoms with van der Waals surface area (Å²) in [6.45, 7) is -2.92. The fourth-order valence-corrected chi connectivity index (χ4v) is 5.32. The summed E-state index contributed by atoms with van der Waals surface area (Å²) in [7, 11) is 0. The number of aliphatic carboxylic acids is 2. The van der Waals surface area contributed by atoms with Crippen molar-refractivity contribution in [2.75, 3.05) is 26.4 Å². The summed E-state index contributed by atoms with van der Waals surface area (Å²) in [6, 6.07) is -1.46. The minimum absolute atomic E-state index is 0. The first-order valence-electron chi connectivity index (χ1n) is 14.9. The first kappa shape index (κ1) is 43.2. The standard InChI is InChI=1S/C26H41NO22.Na/c27-6(21(38)39)4-42-23-16(35)13(32)11(5-43-23)47-25-17(36)19(14(33)9(2-28)45-25)49-26-18(37)20(15(34)10(3-29)46-26)48-24-12(31)7(30)1-8(44-24)22(40)41;/h1,6-7,9-20,23-26,28-37H,2-5,27H2,(H,38,39)(H,40,41);/q;+1/t6?,7-,9+,10+,11+,12+,13-,14-,15-,16+,17+,18+,19-,20-,23?,24-,25+,26-;/m0./s1. The molecule has 18 atom stereocenters. The van der Waals surface area contributed by atoms with E-state index in [1.165, 1.54) is 0 Å². The molecule has 2 unspecified atom stereocenters. The third-order valence-electron chi connectivity index (χ3n) is 8.13. The third-order valence-corrected chi connectivity index (χ3v) is 8.13. The van der Waals surface area contributed by atoms with E-state index in [1.54, 1.807) is 0 Å². The van der Waals surface area contributed by atoms with Crippen LogP contribution in [0.2, 0.25) is 0 Å². The minimum atomic E-state index is -2.09. The van der Waals surface area contributed by atoms with E-state index in [2.05, 4.69) is 0 Å². The van der Waals surface area contributed by atoms with Crippen molar-refractivity contribution in [2.45, 2.75) is 111 Å². The fourth-order valence-electron chi connectivity index (χ4n) is 5.32. The van der Waals surface area contributed by atoms with Gasteiger partial charge in [-0.1, -0.05) is 0 Å². The molecule has 50 heavy (non-hydrogen) atoms. The average molecular weight is 743 g/mol. The van der Waals surface area contributed by atoms with Crippen LogP contribution in [0, 0.1) is 0 Å². The summed E-state index contributed by atoms with van der Waals surface area (Å²) < 4.78 is 42.9. The van der Waals surface area contributed by atoms with Gasteiger partial charge in [0.2, 0.25) is 12.0 Å². The second kappa shape index (κ2) is 18.7. The average Bonchev–Trinajstić information content (AvgIpc) is 3.06. The van der Waals surface area contributed by atoms with Gasteiger partial charge in [-0.3, -0.25) is 4.79 Å². The van der Waals surface area contributed by atoms with Gasteiger partial charge >= 0.3 is 41.5 Å². The molecule has 3 fully saturated rings. The molecule has 282 valence electrons. The largest absolute Gasteiger partial charge is 1.00 e. The van der Waals surface area contributed by atoms with Gasteiger partial charge in [-0.2, -0.15) is 0 Å². The molecule has 23 nitrogen and oxygen atoms in total. The molecule has 24 heteroatoms. The number of aliphatic hydroxyl groups excluding tert-OH is 10. The van der Waals surface area contributed by atoms with E-state index in [-0.39, 0.29) is 29.6 Å². The zero-order valence-corrected chi connectivity index (χ0v) is 28.3. The maximum Gasteiger partial charge on any atom is 1.00 e. The van der Waals surface area contributed by atoms with Crippen molar-refractivity contribution >= 4 is 11.9 Å². The number of hydrogen-bond donors (Lipinski definition) is 13. The summed E-state index contributed by atoms with van der Waals surface area (Å²) in [6.07, 6.45) is -30.1. The van der Waals surface area contributed by atoms with Crippen LogP contribution < -0.4 is 35.3 Å². The second-order valence-corrected chi connectivity index (χ2v) is 11.6. The van der Waals surface area contributed by atoms with Crippen molar-refractivity contribution in [3.8, 4) is 0 Å². The van der Waals surface area contributed by atoms with E-state index >= 15 is 0 Å². The van der Waals surface area contributed by atoms with Crippen LogP contribution in [0.25, 0.3) is 0 Å². The number of carbonyl (C=O) groups is 2. The number of rotatable bonds is 13. The zero-order chi connectivity index (χ0) is 36.3.